The molecule has 1 aliphatic rings. The SMILES string of the molecule is Cc1ccc(CNC2CCCCC2C(C)(C)C)cc1C. The predicted molar refractivity (Wildman–Crippen MR) is 88.0 cm³/mol. The van der Waals surface area contributed by atoms with E-state index in [1.54, 1.807) is 0 Å². The minimum absolute atomic E-state index is 0.418. The zero-order chi connectivity index (χ0) is 14.8. The molecule has 2 atom stereocenters. The molecule has 2 rings (SSSR count). The molecule has 1 heteroatoms. The van der Waals surface area contributed by atoms with Crippen LogP contribution >= 0.6 is 0 Å². The number of hydrogen-bond donors (Lipinski definition) is 1. The van der Waals surface area contributed by atoms with Crippen LogP contribution in [0.5, 0.6) is 0 Å². The molecule has 1 aromatic rings. The van der Waals surface area contributed by atoms with Gasteiger partial charge in [0.05, 0.1) is 0 Å². The Kier molecular flexibility index (Phi) is 4.90. The lowest BCUT2D eigenvalue weighted by Gasteiger charge is -2.41. The van der Waals surface area contributed by atoms with Crippen LogP contribution in [-0.2, 0) is 6.54 Å². The van der Waals surface area contributed by atoms with Gasteiger partial charge >= 0.3 is 0 Å². The van der Waals surface area contributed by atoms with Crippen molar-refractivity contribution in [1.29, 1.82) is 0 Å². The van der Waals surface area contributed by atoms with Crippen molar-refractivity contribution in [1.82, 2.24) is 5.32 Å². The van der Waals surface area contributed by atoms with Crippen molar-refractivity contribution >= 4 is 0 Å². The molecule has 1 nitrogen and oxygen atoms in total. The molecular weight excluding hydrogens is 242 g/mol. The molecule has 1 aliphatic carbocycles. The Bertz CT molecular complexity index is 442. The van der Waals surface area contributed by atoms with Gasteiger partial charge in [-0.05, 0) is 54.7 Å². The Hall–Kier alpha value is -0.820. The van der Waals surface area contributed by atoms with E-state index in [1.165, 1.54) is 42.4 Å². The van der Waals surface area contributed by atoms with Crippen molar-refractivity contribution in [3.63, 3.8) is 0 Å². The highest BCUT2D eigenvalue weighted by molar-refractivity contribution is 5.29. The Balaban J connectivity index is 1.99. The predicted octanol–water partition coefficient (Wildman–Crippen LogP) is 5.00. The summed E-state index contributed by atoms with van der Waals surface area (Å²) in [6.07, 6.45) is 5.52. The second-order valence-electron chi connectivity index (χ2n) is 7.66. The van der Waals surface area contributed by atoms with Gasteiger partial charge in [-0.25, -0.2) is 0 Å². The van der Waals surface area contributed by atoms with E-state index in [2.05, 4.69) is 58.1 Å². The lowest BCUT2D eigenvalue weighted by molar-refractivity contribution is 0.130. The van der Waals surface area contributed by atoms with Gasteiger partial charge in [0.2, 0.25) is 0 Å². The van der Waals surface area contributed by atoms with E-state index < -0.39 is 0 Å². The fraction of sp³-hybridized carbons (Fsp3) is 0.684. The van der Waals surface area contributed by atoms with Gasteiger partial charge in [-0.2, -0.15) is 0 Å². The van der Waals surface area contributed by atoms with Crippen molar-refractivity contribution in [3.05, 3.63) is 34.9 Å². The van der Waals surface area contributed by atoms with Gasteiger partial charge in [0.15, 0.2) is 0 Å². The molecule has 0 saturated heterocycles. The second-order valence-corrected chi connectivity index (χ2v) is 7.66. The third-order valence-corrected chi connectivity index (χ3v) is 5.02. The highest BCUT2D eigenvalue weighted by Crippen LogP contribution is 2.38. The Morgan fingerprint density at radius 1 is 1.05 bits per heavy atom. The zero-order valence-corrected chi connectivity index (χ0v) is 13.9. The maximum atomic E-state index is 3.84. The number of nitrogens with one attached hydrogen (secondary N) is 1. The van der Waals surface area contributed by atoms with Crippen LogP contribution in [-0.4, -0.2) is 6.04 Å². The van der Waals surface area contributed by atoms with E-state index in [0.29, 0.717) is 11.5 Å². The van der Waals surface area contributed by atoms with Gasteiger partial charge in [-0.15, -0.1) is 0 Å². The third kappa shape index (κ3) is 3.85. The molecule has 0 radical (unpaired) electrons. The summed E-state index contributed by atoms with van der Waals surface area (Å²) < 4.78 is 0. The number of rotatable bonds is 3. The topological polar surface area (TPSA) is 12.0 Å². The highest BCUT2D eigenvalue weighted by Gasteiger charge is 2.33. The summed E-state index contributed by atoms with van der Waals surface area (Å²) in [5, 5.41) is 3.84. The smallest absolute Gasteiger partial charge is 0.0208 e. The fourth-order valence-corrected chi connectivity index (χ4v) is 3.57. The minimum atomic E-state index is 0.418. The first-order valence-electron chi connectivity index (χ1n) is 8.17. The van der Waals surface area contributed by atoms with Crippen LogP contribution < -0.4 is 5.32 Å². The van der Waals surface area contributed by atoms with Crippen molar-refractivity contribution < 1.29 is 0 Å². The molecule has 2 unspecified atom stereocenters. The lowest BCUT2D eigenvalue weighted by atomic mass is 9.69. The quantitative estimate of drug-likeness (QED) is 0.817. The van der Waals surface area contributed by atoms with Crippen LogP contribution in [0.25, 0.3) is 0 Å². The van der Waals surface area contributed by atoms with E-state index in [4.69, 9.17) is 0 Å². The largest absolute Gasteiger partial charge is 0.310 e. The Labute approximate surface area is 125 Å². The molecule has 1 fully saturated rings. The van der Waals surface area contributed by atoms with Gasteiger partial charge in [-0.3, -0.25) is 0 Å². The van der Waals surface area contributed by atoms with Gasteiger partial charge in [-0.1, -0.05) is 51.8 Å². The average Bonchev–Trinajstić information content (AvgIpc) is 2.39. The molecule has 1 saturated carbocycles. The van der Waals surface area contributed by atoms with Gasteiger partial charge in [0, 0.05) is 12.6 Å². The standard InChI is InChI=1S/C19H31N/c1-14-10-11-16(12-15(14)2)13-20-18-9-7-6-8-17(18)19(3,4)5/h10-12,17-18,20H,6-9,13H2,1-5H3. The van der Waals surface area contributed by atoms with Crippen LogP contribution in [0.4, 0.5) is 0 Å². The summed E-state index contributed by atoms with van der Waals surface area (Å²) in [7, 11) is 0. The molecule has 112 valence electrons. The van der Waals surface area contributed by atoms with Crippen molar-refractivity contribution in [3.8, 4) is 0 Å². The molecular formula is C19H31N. The first-order valence-corrected chi connectivity index (χ1v) is 8.17. The van der Waals surface area contributed by atoms with Crippen molar-refractivity contribution in [2.75, 3.05) is 0 Å². The summed E-state index contributed by atoms with van der Waals surface area (Å²) in [5.74, 6) is 0.808. The second kappa shape index (κ2) is 6.30. The molecule has 0 aliphatic heterocycles. The fourth-order valence-electron chi connectivity index (χ4n) is 3.57. The van der Waals surface area contributed by atoms with Crippen LogP contribution in [0, 0.1) is 25.2 Å². The molecule has 0 amide bonds. The van der Waals surface area contributed by atoms with Crippen LogP contribution in [0.2, 0.25) is 0 Å². The minimum Gasteiger partial charge on any atom is -0.310 e. The van der Waals surface area contributed by atoms with Gasteiger partial charge in [0.25, 0.3) is 0 Å². The summed E-state index contributed by atoms with van der Waals surface area (Å²) in [5.41, 5.74) is 4.63. The van der Waals surface area contributed by atoms with Crippen LogP contribution in [0.3, 0.4) is 0 Å². The van der Waals surface area contributed by atoms with E-state index in [1.807, 2.05) is 0 Å². The van der Waals surface area contributed by atoms with Crippen molar-refractivity contribution in [2.45, 2.75) is 72.9 Å². The summed E-state index contributed by atoms with van der Waals surface area (Å²) >= 11 is 0. The number of benzene rings is 1. The van der Waals surface area contributed by atoms with E-state index >= 15 is 0 Å². The van der Waals surface area contributed by atoms with Gasteiger partial charge < -0.3 is 5.32 Å². The van der Waals surface area contributed by atoms with E-state index in [-0.39, 0.29) is 0 Å². The van der Waals surface area contributed by atoms with Gasteiger partial charge in [0.1, 0.15) is 0 Å². The molecule has 0 aromatic heterocycles. The number of hydrogen-bond acceptors (Lipinski definition) is 1. The maximum absolute atomic E-state index is 3.84. The first kappa shape index (κ1) is 15.6. The summed E-state index contributed by atoms with van der Waals surface area (Å²) in [4.78, 5) is 0. The summed E-state index contributed by atoms with van der Waals surface area (Å²) in [6, 6.07) is 7.53. The van der Waals surface area contributed by atoms with E-state index in [0.717, 1.165) is 12.5 Å². The molecule has 0 spiro atoms. The lowest BCUT2D eigenvalue weighted by Crippen LogP contribution is -2.43. The van der Waals surface area contributed by atoms with E-state index in [9.17, 15) is 0 Å². The normalized spacial score (nSPS) is 23.9. The molecule has 1 aromatic carbocycles. The maximum Gasteiger partial charge on any atom is 0.0208 e. The molecule has 0 heterocycles. The number of aryl methyl sites for hydroxylation is 2. The highest BCUT2D eigenvalue weighted by atomic mass is 14.9. The molecule has 0 bridgehead atoms. The van der Waals surface area contributed by atoms with Crippen LogP contribution in [0.1, 0.15) is 63.1 Å². The summed E-state index contributed by atoms with van der Waals surface area (Å²) in [6.45, 7) is 12.6. The average molecular weight is 273 g/mol. The first-order chi connectivity index (χ1) is 9.38. The third-order valence-electron chi connectivity index (χ3n) is 5.02. The zero-order valence-electron chi connectivity index (χ0n) is 13.9. The Morgan fingerprint density at radius 2 is 1.75 bits per heavy atom. The Morgan fingerprint density at radius 3 is 2.40 bits per heavy atom. The van der Waals surface area contributed by atoms with Crippen LogP contribution in [0.15, 0.2) is 18.2 Å². The van der Waals surface area contributed by atoms with Crippen molar-refractivity contribution in [2.24, 2.45) is 11.3 Å². The monoisotopic (exact) mass is 273 g/mol. The molecule has 20 heavy (non-hydrogen) atoms. The molecule has 1 N–H and O–H groups in total.